The zero-order chi connectivity index (χ0) is 15.6. The minimum Gasteiger partial charge on any atom is -0.511 e. The van der Waals surface area contributed by atoms with Gasteiger partial charge in [-0.1, -0.05) is 0 Å². The molecule has 0 heterocycles. The van der Waals surface area contributed by atoms with Crippen LogP contribution in [0.4, 0.5) is 8.78 Å². The zero-order valence-corrected chi connectivity index (χ0v) is 15.5. The van der Waals surface area contributed by atoms with E-state index >= 15 is 0 Å². The first-order valence-corrected chi connectivity index (χ1v) is 10.5. The van der Waals surface area contributed by atoms with Gasteiger partial charge in [-0.2, -0.15) is 0 Å². The number of benzene rings is 2. The summed E-state index contributed by atoms with van der Waals surface area (Å²) in [5, 5.41) is 0. The molecule has 0 fully saturated rings. The highest BCUT2D eigenvalue weighted by Gasteiger charge is 2.30. The Labute approximate surface area is 139 Å². The largest absolute Gasteiger partial charge is 0.511 e. The van der Waals surface area contributed by atoms with Crippen LogP contribution in [0.15, 0.2) is 45.3 Å². The van der Waals surface area contributed by atoms with Gasteiger partial charge in [-0.15, -0.1) is 0 Å². The van der Waals surface area contributed by atoms with Gasteiger partial charge in [0, 0.05) is 13.1 Å². The third-order valence-electron chi connectivity index (χ3n) is 2.50. The van der Waals surface area contributed by atoms with E-state index in [4.69, 9.17) is 8.85 Å². The molecule has 0 N–H and O–H groups in total. The van der Waals surface area contributed by atoms with E-state index < -0.39 is 8.56 Å². The molecule has 0 amide bonds. The Balaban J connectivity index is 2.18. The number of rotatable bonds is 4. The highest BCUT2D eigenvalue weighted by Crippen LogP contribution is 2.31. The lowest BCUT2D eigenvalue weighted by atomic mass is 10.3. The van der Waals surface area contributed by atoms with Crippen LogP contribution in [0.3, 0.4) is 0 Å². The van der Waals surface area contributed by atoms with E-state index in [1.165, 1.54) is 36.4 Å². The molecular weight excluding hydrogens is 426 g/mol. The van der Waals surface area contributed by atoms with Crippen molar-refractivity contribution in [2.75, 3.05) is 0 Å². The van der Waals surface area contributed by atoms with Crippen LogP contribution in [0, 0.1) is 11.6 Å². The molecule has 0 aliphatic carbocycles. The van der Waals surface area contributed by atoms with E-state index in [0.717, 1.165) is 0 Å². The average molecular weight is 438 g/mol. The van der Waals surface area contributed by atoms with Crippen molar-refractivity contribution in [2.24, 2.45) is 0 Å². The third kappa shape index (κ3) is 4.52. The fraction of sp³-hybridized carbons (Fsp3) is 0.143. The first kappa shape index (κ1) is 16.4. The lowest BCUT2D eigenvalue weighted by Crippen LogP contribution is -2.42. The van der Waals surface area contributed by atoms with Crippen LogP contribution in [-0.2, 0) is 0 Å². The van der Waals surface area contributed by atoms with Crippen molar-refractivity contribution >= 4 is 40.4 Å². The monoisotopic (exact) mass is 436 g/mol. The van der Waals surface area contributed by atoms with Gasteiger partial charge in [0.05, 0.1) is 8.95 Å². The van der Waals surface area contributed by atoms with Crippen LogP contribution in [0.25, 0.3) is 0 Å². The maximum absolute atomic E-state index is 13.1. The molecule has 2 rings (SSSR count). The van der Waals surface area contributed by atoms with Crippen LogP contribution in [-0.4, -0.2) is 8.56 Å². The van der Waals surface area contributed by atoms with Crippen molar-refractivity contribution in [3.05, 3.63) is 57.0 Å². The van der Waals surface area contributed by atoms with Gasteiger partial charge in [-0.25, -0.2) is 8.78 Å². The quantitative estimate of drug-likeness (QED) is 0.575. The van der Waals surface area contributed by atoms with E-state index in [0.29, 0.717) is 20.4 Å². The molecule has 0 saturated carbocycles. The molecule has 7 heteroatoms. The van der Waals surface area contributed by atoms with Gasteiger partial charge in [0.15, 0.2) is 0 Å². The van der Waals surface area contributed by atoms with Gasteiger partial charge in [-0.05, 0) is 68.3 Å². The Kier molecular flexibility index (Phi) is 5.06. The molecule has 0 aliphatic heterocycles. The second-order valence-electron chi connectivity index (χ2n) is 4.75. The molecule has 0 aliphatic rings. The summed E-state index contributed by atoms with van der Waals surface area (Å²) in [6, 6.07) is 8.37. The lowest BCUT2D eigenvalue weighted by Gasteiger charge is -2.25. The standard InChI is InChI=1S/C14H12Br2F2O2Si/c1-21(2,19-13-5-3-9(17)7-11(13)15)20-14-6-4-10(18)8-12(14)16/h3-8H,1-2H3. The van der Waals surface area contributed by atoms with E-state index in [1.54, 1.807) is 0 Å². The summed E-state index contributed by atoms with van der Waals surface area (Å²) in [4.78, 5) is 0. The molecule has 2 aromatic rings. The van der Waals surface area contributed by atoms with Crippen LogP contribution in [0.2, 0.25) is 13.1 Å². The molecule has 0 aromatic heterocycles. The molecule has 112 valence electrons. The van der Waals surface area contributed by atoms with Crippen LogP contribution in [0.1, 0.15) is 0 Å². The summed E-state index contributed by atoms with van der Waals surface area (Å²) < 4.78 is 38.9. The molecule has 2 aromatic carbocycles. The molecule has 0 saturated heterocycles. The normalized spacial score (nSPS) is 11.3. The Morgan fingerprint density at radius 3 is 1.52 bits per heavy atom. The Morgan fingerprint density at radius 2 is 1.19 bits per heavy atom. The molecule has 0 unspecified atom stereocenters. The smallest absolute Gasteiger partial charge is 0.454 e. The summed E-state index contributed by atoms with van der Waals surface area (Å²) in [5.41, 5.74) is 0. The van der Waals surface area contributed by atoms with E-state index in [9.17, 15) is 8.78 Å². The first-order valence-electron chi connectivity index (χ1n) is 6.05. The average Bonchev–Trinajstić information content (AvgIpc) is 2.36. The van der Waals surface area contributed by atoms with Crippen molar-refractivity contribution in [1.29, 1.82) is 0 Å². The molecule has 2 nitrogen and oxygen atoms in total. The summed E-state index contributed by atoms with van der Waals surface area (Å²) in [5.74, 6) is 0.310. The minimum atomic E-state index is -2.59. The lowest BCUT2D eigenvalue weighted by molar-refractivity contribution is 0.395. The molecule has 0 bridgehead atoms. The minimum absolute atomic E-state index is 0.351. The van der Waals surface area contributed by atoms with Crippen LogP contribution >= 0.6 is 31.9 Å². The van der Waals surface area contributed by atoms with Gasteiger partial charge in [-0.3, -0.25) is 0 Å². The second kappa shape index (κ2) is 6.45. The summed E-state index contributed by atoms with van der Waals surface area (Å²) in [7, 11) is -2.59. The van der Waals surface area contributed by atoms with Gasteiger partial charge in [0.1, 0.15) is 23.1 Å². The predicted octanol–water partition coefficient (Wildman–Crippen LogP) is 5.65. The van der Waals surface area contributed by atoms with Gasteiger partial charge >= 0.3 is 8.56 Å². The first-order chi connectivity index (χ1) is 9.77. The van der Waals surface area contributed by atoms with Crippen molar-refractivity contribution in [2.45, 2.75) is 13.1 Å². The Bertz CT molecular complexity index is 610. The number of hydrogen-bond donors (Lipinski definition) is 0. The Morgan fingerprint density at radius 1 is 0.810 bits per heavy atom. The number of halogens is 4. The maximum Gasteiger partial charge on any atom is 0.454 e. The fourth-order valence-electron chi connectivity index (χ4n) is 1.67. The highest BCUT2D eigenvalue weighted by atomic mass is 79.9. The molecule has 21 heavy (non-hydrogen) atoms. The van der Waals surface area contributed by atoms with Crippen molar-refractivity contribution in [3.63, 3.8) is 0 Å². The van der Waals surface area contributed by atoms with Crippen molar-refractivity contribution in [1.82, 2.24) is 0 Å². The number of hydrogen-bond acceptors (Lipinski definition) is 2. The molecule has 0 spiro atoms. The Hall–Kier alpha value is -0.923. The van der Waals surface area contributed by atoms with Gasteiger partial charge in [0.25, 0.3) is 0 Å². The van der Waals surface area contributed by atoms with E-state index in [1.807, 2.05) is 13.1 Å². The third-order valence-corrected chi connectivity index (χ3v) is 5.16. The summed E-state index contributed by atoms with van der Waals surface area (Å²) in [6.45, 7) is 3.69. The maximum atomic E-state index is 13.1. The fourth-order valence-corrected chi connectivity index (χ4v) is 4.29. The molecular formula is C14H12Br2F2O2Si. The zero-order valence-electron chi connectivity index (χ0n) is 11.3. The summed E-state index contributed by atoms with van der Waals surface area (Å²) >= 11 is 6.50. The van der Waals surface area contributed by atoms with Crippen LogP contribution < -0.4 is 8.85 Å². The molecule has 0 atom stereocenters. The molecule has 0 radical (unpaired) electrons. The van der Waals surface area contributed by atoms with Gasteiger partial charge in [0.2, 0.25) is 0 Å². The van der Waals surface area contributed by atoms with E-state index in [-0.39, 0.29) is 11.6 Å². The predicted molar refractivity (Wildman–Crippen MR) is 86.9 cm³/mol. The van der Waals surface area contributed by atoms with Crippen molar-refractivity contribution < 1.29 is 17.6 Å². The SMILES string of the molecule is C[Si](C)(Oc1ccc(F)cc1Br)Oc1ccc(F)cc1Br. The topological polar surface area (TPSA) is 18.5 Å². The highest BCUT2D eigenvalue weighted by molar-refractivity contribution is 9.10. The van der Waals surface area contributed by atoms with Gasteiger partial charge < -0.3 is 8.85 Å². The van der Waals surface area contributed by atoms with Crippen molar-refractivity contribution in [3.8, 4) is 11.5 Å². The second-order valence-corrected chi connectivity index (χ2v) is 9.67. The van der Waals surface area contributed by atoms with E-state index in [2.05, 4.69) is 31.9 Å². The summed E-state index contributed by atoms with van der Waals surface area (Å²) in [6.07, 6.45) is 0. The van der Waals surface area contributed by atoms with Crippen LogP contribution in [0.5, 0.6) is 11.5 Å².